The van der Waals surface area contributed by atoms with E-state index < -0.39 is 0 Å². The summed E-state index contributed by atoms with van der Waals surface area (Å²) < 4.78 is 5.81. The van der Waals surface area contributed by atoms with E-state index in [1.165, 1.54) is 11.1 Å². The number of ether oxygens (including phenoxy) is 1. The zero-order valence-corrected chi connectivity index (χ0v) is 13.5. The van der Waals surface area contributed by atoms with Crippen LogP contribution in [0.15, 0.2) is 60.7 Å². The molecule has 1 fully saturated rings. The van der Waals surface area contributed by atoms with E-state index in [1.54, 1.807) is 0 Å². The van der Waals surface area contributed by atoms with Gasteiger partial charge in [-0.05, 0) is 18.1 Å². The average molecular weight is 309 g/mol. The number of hydrogen-bond acceptors (Lipinski definition) is 2. The van der Waals surface area contributed by atoms with Crippen molar-refractivity contribution in [2.45, 2.75) is 26.0 Å². The summed E-state index contributed by atoms with van der Waals surface area (Å²) in [4.78, 5) is 14.3. The fourth-order valence-corrected chi connectivity index (χ4v) is 3.12. The Morgan fingerprint density at radius 2 is 1.74 bits per heavy atom. The maximum absolute atomic E-state index is 12.3. The smallest absolute Gasteiger partial charge is 0.223 e. The van der Waals surface area contributed by atoms with Crippen LogP contribution >= 0.6 is 0 Å². The predicted molar refractivity (Wildman–Crippen MR) is 90.8 cm³/mol. The highest BCUT2D eigenvalue weighted by Gasteiger charge is 2.33. The Morgan fingerprint density at radius 1 is 1.09 bits per heavy atom. The van der Waals surface area contributed by atoms with Gasteiger partial charge in [0.05, 0.1) is 19.3 Å². The van der Waals surface area contributed by atoms with Crippen molar-refractivity contribution in [2.75, 3.05) is 13.2 Å². The van der Waals surface area contributed by atoms with E-state index in [0.29, 0.717) is 19.6 Å². The van der Waals surface area contributed by atoms with Crippen molar-refractivity contribution in [1.82, 2.24) is 4.90 Å². The maximum atomic E-state index is 12.3. The highest BCUT2D eigenvalue weighted by Crippen LogP contribution is 2.28. The molecule has 2 aromatic rings. The fraction of sp³-hybridized carbons (Fsp3) is 0.350. The second kappa shape index (κ2) is 7.42. The number of rotatable bonds is 6. The summed E-state index contributed by atoms with van der Waals surface area (Å²) in [5.74, 6) is 0.520. The van der Waals surface area contributed by atoms with Gasteiger partial charge in [-0.2, -0.15) is 0 Å². The van der Waals surface area contributed by atoms with Crippen molar-refractivity contribution in [3.05, 3.63) is 71.8 Å². The normalized spacial score (nSPS) is 19.1. The lowest BCUT2D eigenvalue weighted by Gasteiger charge is -2.25. The minimum Gasteiger partial charge on any atom is -0.376 e. The molecule has 1 amide bonds. The van der Waals surface area contributed by atoms with E-state index >= 15 is 0 Å². The molecule has 0 aromatic heterocycles. The summed E-state index contributed by atoms with van der Waals surface area (Å²) in [6.45, 7) is 4.13. The van der Waals surface area contributed by atoms with Gasteiger partial charge in [0.15, 0.2) is 0 Å². The van der Waals surface area contributed by atoms with Crippen LogP contribution in [-0.2, 0) is 16.1 Å². The first-order chi connectivity index (χ1) is 11.2. The van der Waals surface area contributed by atoms with Crippen molar-refractivity contribution in [1.29, 1.82) is 0 Å². The van der Waals surface area contributed by atoms with Crippen LogP contribution in [0.3, 0.4) is 0 Å². The first-order valence-corrected chi connectivity index (χ1v) is 8.20. The molecule has 1 aliphatic rings. The summed E-state index contributed by atoms with van der Waals surface area (Å²) in [5, 5.41) is 0. The topological polar surface area (TPSA) is 29.5 Å². The molecular weight excluding hydrogens is 286 g/mol. The van der Waals surface area contributed by atoms with E-state index in [4.69, 9.17) is 4.74 Å². The lowest BCUT2D eigenvalue weighted by atomic mass is 10.1. The number of hydrogen-bond donors (Lipinski definition) is 0. The molecule has 1 heterocycles. The Bertz CT molecular complexity index is 627. The van der Waals surface area contributed by atoms with Crippen LogP contribution in [0, 0.1) is 5.92 Å². The van der Waals surface area contributed by atoms with Gasteiger partial charge in [-0.1, -0.05) is 60.7 Å². The van der Waals surface area contributed by atoms with Gasteiger partial charge in [-0.15, -0.1) is 0 Å². The Labute approximate surface area is 137 Å². The third-order valence-corrected chi connectivity index (χ3v) is 4.45. The van der Waals surface area contributed by atoms with Crippen LogP contribution in [0.25, 0.3) is 0 Å². The lowest BCUT2D eigenvalue weighted by molar-refractivity contribution is -0.129. The molecule has 0 radical (unpaired) electrons. The minimum absolute atomic E-state index is 0.128. The SMILES string of the molecule is CC(c1ccccc1)N1C[C@H](COCc2ccccc2)CC1=O. The third kappa shape index (κ3) is 3.99. The number of likely N-dealkylation sites (tertiary alicyclic amines) is 1. The molecule has 2 atom stereocenters. The summed E-state index contributed by atoms with van der Waals surface area (Å²) in [6, 6.07) is 20.5. The Balaban J connectivity index is 1.51. The van der Waals surface area contributed by atoms with Crippen molar-refractivity contribution in [3.63, 3.8) is 0 Å². The summed E-state index contributed by atoms with van der Waals surface area (Å²) in [5.41, 5.74) is 2.36. The summed E-state index contributed by atoms with van der Waals surface area (Å²) >= 11 is 0. The van der Waals surface area contributed by atoms with Crippen molar-refractivity contribution >= 4 is 5.91 Å². The van der Waals surface area contributed by atoms with E-state index in [2.05, 4.69) is 31.2 Å². The van der Waals surface area contributed by atoms with Gasteiger partial charge >= 0.3 is 0 Å². The molecule has 0 saturated carbocycles. The molecule has 0 spiro atoms. The monoisotopic (exact) mass is 309 g/mol. The van der Waals surface area contributed by atoms with Crippen LogP contribution in [0.2, 0.25) is 0 Å². The Morgan fingerprint density at radius 3 is 2.43 bits per heavy atom. The molecule has 3 rings (SSSR count). The number of benzene rings is 2. The molecule has 1 saturated heterocycles. The van der Waals surface area contributed by atoms with Gasteiger partial charge in [-0.3, -0.25) is 4.79 Å². The van der Waals surface area contributed by atoms with Crippen LogP contribution in [0.4, 0.5) is 0 Å². The quantitative estimate of drug-likeness (QED) is 0.812. The standard InChI is InChI=1S/C20H23NO2/c1-16(19-10-6-3-7-11-19)21-13-18(12-20(21)22)15-23-14-17-8-4-2-5-9-17/h2-11,16,18H,12-15H2,1H3/t16?,18-/m1/s1. The average Bonchev–Trinajstić information content (AvgIpc) is 2.97. The number of carbonyl (C=O) groups excluding carboxylic acids is 1. The second-order valence-corrected chi connectivity index (χ2v) is 6.20. The maximum Gasteiger partial charge on any atom is 0.223 e. The van der Waals surface area contributed by atoms with E-state index in [0.717, 1.165) is 6.54 Å². The van der Waals surface area contributed by atoms with Gasteiger partial charge in [0, 0.05) is 18.9 Å². The highest BCUT2D eigenvalue weighted by molar-refractivity contribution is 5.79. The van der Waals surface area contributed by atoms with Crippen LogP contribution in [0.5, 0.6) is 0 Å². The molecule has 0 aliphatic carbocycles. The summed E-state index contributed by atoms with van der Waals surface area (Å²) in [7, 11) is 0. The summed E-state index contributed by atoms with van der Waals surface area (Å²) in [6.07, 6.45) is 0.589. The van der Waals surface area contributed by atoms with E-state index in [-0.39, 0.29) is 17.9 Å². The number of amides is 1. The number of nitrogens with zero attached hydrogens (tertiary/aromatic N) is 1. The first-order valence-electron chi connectivity index (χ1n) is 8.20. The van der Waals surface area contributed by atoms with Crippen molar-refractivity contribution < 1.29 is 9.53 Å². The van der Waals surface area contributed by atoms with Crippen LogP contribution in [-0.4, -0.2) is 24.0 Å². The second-order valence-electron chi connectivity index (χ2n) is 6.20. The van der Waals surface area contributed by atoms with Crippen molar-refractivity contribution in [3.8, 4) is 0 Å². The zero-order chi connectivity index (χ0) is 16.1. The molecule has 23 heavy (non-hydrogen) atoms. The molecule has 0 N–H and O–H groups in total. The molecule has 1 unspecified atom stereocenters. The Hall–Kier alpha value is -2.13. The molecule has 3 heteroatoms. The Kier molecular flexibility index (Phi) is 5.09. The van der Waals surface area contributed by atoms with Crippen LogP contribution < -0.4 is 0 Å². The predicted octanol–water partition coefficient (Wildman–Crippen LogP) is 3.81. The number of carbonyl (C=O) groups is 1. The largest absolute Gasteiger partial charge is 0.376 e. The zero-order valence-electron chi connectivity index (χ0n) is 13.5. The molecule has 120 valence electrons. The minimum atomic E-state index is 0.128. The van der Waals surface area contributed by atoms with E-state index in [9.17, 15) is 4.79 Å². The molecule has 0 bridgehead atoms. The fourth-order valence-electron chi connectivity index (χ4n) is 3.12. The van der Waals surface area contributed by atoms with Gasteiger partial charge < -0.3 is 9.64 Å². The van der Waals surface area contributed by atoms with Gasteiger partial charge in [0.25, 0.3) is 0 Å². The first kappa shape index (κ1) is 15.8. The van der Waals surface area contributed by atoms with Gasteiger partial charge in [0.1, 0.15) is 0 Å². The third-order valence-electron chi connectivity index (χ3n) is 4.45. The van der Waals surface area contributed by atoms with Gasteiger partial charge in [0.2, 0.25) is 5.91 Å². The molecule has 1 aliphatic heterocycles. The molecule has 3 nitrogen and oxygen atoms in total. The van der Waals surface area contributed by atoms with Crippen molar-refractivity contribution in [2.24, 2.45) is 5.92 Å². The lowest BCUT2D eigenvalue weighted by Crippen LogP contribution is -2.28. The van der Waals surface area contributed by atoms with Gasteiger partial charge in [-0.25, -0.2) is 0 Å². The van der Waals surface area contributed by atoms with Crippen LogP contribution in [0.1, 0.15) is 30.5 Å². The molecular formula is C20H23NO2. The van der Waals surface area contributed by atoms with E-state index in [1.807, 2.05) is 41.3 Å². The molecule has 2 aromatic carbocycles. The highest BCUT2D eigenvalue weighted by atomic mass is 16.5.